The molecule has 0 unspecified atom stereocenters. The number of carbonyl (C=O) groups is 1. The van der Waals surface area contributed by atoms with E-state index in [9.17, 15) is 9.90 Å². The average molecular weight is 302 g/mol. The van der Waals surface area contributed by atoms with E-state index in [1.807, 2.05) is 13.8 Å². The first-order valence-electron chi connectivity index (χ1n) is 6.46. The number of aliphatic hydroxyl groups is 1. The van der Waals surface area contributed by atoms with Crippen LogP contribution in [-0.2, 0) is 0 Å². The first-order chi connectivity index (χ1) is 9.53. The quantitative estimate of drug-likeness (QED) is 0.608. The van der Waals surface area contributed by atoms with Gasteiger partial charge in [-0.25, -0.2) is 4.79 Å². The smallest absolute Gasteiger partial charge is 0.321 e. The van der Waals surface area contributed by atoms with Crippen molar-refractivity contribution in [2.75, 3.05) is 36.9 Å². The van der Waals surface area contributed by atoms with Crippen LogP contribution in [0.4, 0.5) is 16.2 Å². The Bertz CT molecular complexity index is 464. The molecule has 112 valence electrons. The van der Waals surface area contributed by atoms with E-state index in [-0.39, 0.29) is 24.1 Å². The second kappa shape index (κ2) is 7.81. The Labute approximate surface area is 123 Å². The van der Waals surface area contributed by atoms with Gasteiger partial charge in [0.05, 0.1) is 23.0 Å². The Balaban J connectivity index is 2.86. The highest BCUT2D eigenvalue weighted by molar-refractivity contribution is 6.33. The van der Waals surface area contributed by atoms with Gasteiger partial charge in [0.1, 0.15) is 5.75 Å². The minimum absolute atomic E-state index is 0.0441. The Hall–Kier alpha value is -1.66. The van der Waals surface area contributed by atoms with Gasteiger partial charge in [0, 0.05) is 25.7 Å². The van der Waals surface area contributed by atoms with Gasteiger partial charge >= 0.3 is 6.03 Å². The zero-order chi connectivity index (χ0) is 15.1. The maximum Gasteiger partial charge on any atom is 0.321 e. The lowest BCUT2D eigenvalue weighted by molar-refractivity contribution is 0.217. The third kappa shape index (κ3) is 4.18. The summed E-state index contributed by atoms with van der Waals surface area (Å²) in [6.45, 7) is 5.18. The summed E-state index contributed by atoms with van der Waals surface area (Å²) in [7, 11) is 0. The second-order valence-electron chi connectivity index (χ2n) is 4.10. The third-order valence-electron chi connectivity index (χ3n) is 2.80. The van der Waals surface area contributed by atoms with Crippen LogP contribution in [-0.4, -0.2) is 47.4 Å². The minimum Gasteiger partial charge on any atom is -0.506 e. The summed E-state index contributed by atoms with van der Waals surface area (Å²) in [6, 6.07) is 2.59. The van der Waals surface area contributed by atoms with E-state index in [4.69, 9.17) is 16.7 Å². The maximum atomic E-state index is 11.9. The summed E-state index contributed by atoms with van der Waals surface area (Å²) >= 11 is 6.05. The number of hydrogen-bond donors (Lipinski definition) is 4. The number of urea groups is 1. The second-order valence-corrected chi connectivity index (χ2v) is 4.51. The number of hydrogen-bond acceptors (Lipinski definition) is 4. The van der Waals surface area contributed by atoms with Crippen molar-refractivity contribution in [2.45, 2.75) is 13.8 Å². The van der Waals surface area contributed by atoms with Crippen molar-refractivity contribution in [3.8, 4) is 5.75 Å². The highest BCUT2D eigenvalue weighted by Crippen LogP contribution is 2.33. The molecule has 0 aliphatic rings. The van der Waals surface area contributed by atoms with Crippen molar-refractivity contribution in [3.05, 3.63) is 17.2 Å². The zero-order valence-corrected chi connectivity index (χ0v) is 12.4. The summed E-state index contributed by atoms with van der Waals surface area (Å²) in [5.41, 5.74) is 0.750. The van der Waals surface area contributed by atoms with Crippen LogP contribution in [0.5, 0.6) is 5.75 Å². The zero-order valence-electron chi connectivity index (χ0n) is 11.6. The van der Waals surface area contributed by atoms with Crippen molar-refractivity contribution in [3.63, 3.8) is 0 Å². The standard InChI is InChI=1S/C13H20ClN3O3/c1-3-17(4-2)13(20)16-11-7-9(14)10(8-12(11)19)15-5-6-18/h7-8,15,18-19H,3-6H2,1-2H3,(H,16,20). The molecule has 0 aromatic heterocycles. The fourth-order valence-electron chi connectivity index (χ4n) is 1.69. The lowest BCUT2D eigenvalue weighted by Crippen LogP contribution is -2.34. The maximum absolute atomic E-state index is 11.9. The van der Waals surface area contributed by atoms with E-state index in [0.717, 1.165) is 0 Å². The molecule has 6 nitrogen and oxygen atoms in total. The molecule has 20 heavy (non-hydrogen) atoms. The summed E-state index contributed by atoms with van der Waals surface area (Å²) in [5.74, 6) is -0.0876. The number of amides is 2. The monoisotopic (exact) mass is 301 g/mol. The molecule has 4 N–H and O–H groups in total. The van der Waals surface area contributed by atoms with Gasteiger partial charge in [-0.1, -0.05) is 11.6 Å². The first-order valence-corrected chi connectivity index (χ1v) is 6.84. The predicted octanol–water partition coefficient (Wildman–Crippen LogP) is 2.32. The summed E-state index contributed by atoms with van der Waals surface area (Å²) in [5, 5.41) is 24.5. The van der Waals surface area contributed by atoms with Gasteiger partial charge in [-0.3, -0.25) is 0 Å². The number of nitrogens with one attached hydrogen (secondary N) is 2. The van der Waals surface area contributed by atoms with Gasteiger partial charge in [0.25, 0.3) is 0 Å². The molecule has 0 aliphatic carbocycles. The Morgan fingerprint density at radius 1 is 1.30 bits per heavy atom. The van der Waals surface area contributed by atoms with E-state index in [0.29, 0.717) is 30.3 Å². The molecule has 1 aromatic rings. The molecular formula is C13H20ClN3O3. The molecule has 0 heterocycles. The highest BCUT2D eigenvalue weighted by atomic mass is 35.5. The Morgan fingerprint density at radius 2 is 1.95 bits per heavy atom. The topological polar surface area (TPSA) is 84.8 Å². The number of aliphatic hydroxyl groups excluding tert-OH is 1. The third-order valence-corrected chi connectivity index (χ3v) is 3.12. The van der Waals surface area contributed by atoms with Crippen molar-refractivity contribution >= 4 is 29.0 Å². The van der Waals surface area contributed by atoms with Crippen LogP contribution in [0.25, 0.3) is 0 Å². The summed E-state index contributed by atoms with van der Waals surface area (Å²) < 4.78 is 0. The number of aromatic hydroxyl groups is 1. The van der Waals surface area contributed by atoms with Gasteiger partial charge in [0.2, 0.25) is 0 Å². The number of rotatable bonds is 6. The van der Waals surface area contributed by atoms with Gasteiger partial charge in [0.15, 0.2) is 0 Å². The molecule has 7 heteroatoms. The number of halogens is 1. The van der Waals surface area contributed by atoms with Gasteiger partial charge in [-0.15, -0.1) is 0 Å². The predicted molar refractivity (Wildman–Crippen MR) is 80.6 cm³/mol. The normalized spacial score (nSPS) is 10.2. The van der Waals surface area contributed by atoms with Gasteiger partial charge in [-0.05, 0) is 19.9 Å². The number of phenols is 1. The molecule has 0 saturated carbocycles. The molecule has 1 aromatic carbocycles. The summed E-state index contributed by atoms with van der Waals surface area (Å²) in [6.07, 6.45) is 0. The van der Waals surface area contributed by atoms with Crippen LogP contribution in [0, 0.1) is 0 Å². The van der Waals surface area contributed by atoms with Crippen LogP contribution < -0.4 is 10.6 Å². The molecule has 0 bridgehead atoms. The highest BCUT2D eigenvalue weighted by Gasteiger charge is 2.14. The molecule has 0 fully saturated rings. The number of benzene rings is 1. The first kappa shape index (κ1) is 16.4. The molecule has 2 amide bonds. The summed E-state index contributed by atoms with van der Waals surface area (Å²) in [4.78, 5) is 13.5. The molecule has 0 spiro atoms. The molecular weight excluding hydrogens is 282 g/mol. The van der Waals surface area contributed by atoms with Gasteiger partial charge < -0.3 is 25.7 Å². The number of nitrogens with zero attached hydrogens (tertiary/aromatic N) is 1. The van der Waals surface area contributed by atoms with Crippen molar-refractivity contribution in [1.29, 1.82) is 0 Å². The molecule has 0 saturated heterocycles. The van der Waals surface area contributed by atoms with Crippen LogP contribution in [0.3, 0.4) is 0 Å². The molecule has 0 aliphatic heterocycles. The van der Waals surface area contributed by atoms with Crippen LogP contribution in [0.2, 0.25) is 5.02 Å². The van der Waals surface area contributed by atoms with Crippen LogP contribution in [0.1, 0.15) is 13.8 Å². The molecule has 0 atom stereocenters. The van der Waals surface area contributed by atoms with Crippen molar-refractivity contribution in [1.82, 2.24) is 4.90 Å². The molecule has 0 radical (unpaired) electrons. The van der Waals surface area contributed by atoms with E-state index < -0.39 is 0 Å². The minimum atomic E-state index is -0.294. The lowest BCUT2D eigenvalue weighted by Gasteiger charge is -2.20. The number of phenolic OH excluding ortho intramolecular Hbond substituents is 1. The van der Waals surface area contributed by atoms with E-state index >= 15 is 0 Å². The fraction of sp³-hybridized carbons (Fsp3) is 0.462. The van der Waals surface area contributed by atoms with E-state index in [1.165, 1.54) is 12.1 Å². The number of anilines is 2. The average Bonchev–Trinajstić information content (AvgIpc) is 2.42. The van der Waals surface area contributed by atoms with Gasteiger partial charge in [-0.2, -0.15) is 0 Å². The van der Waals surface area contributed by atoms with Crippen LogP contribution in [0.15, 0.2) is 12.1 Å². The fourth-order valence-corrected chi connectivity index (χ4v) is 1.92. The van der Waals surface area contributed by atoms with E-state index in [2.05, 4.69) is 10.6 Å². The number of carbonyl (C=O) groups excluding carboxylic acids is 1. The largest absolute Gasteiger partial charge is 0.506 e. The lowest BCUT2D eigenvalue weighted by atomic mass is 10.2. The SMILES string of the molecule is CCN(CC)C(=O)Nc1cc(Cl)c(NCCO)cc1O. The van der Waals surface area contributed by atoms with Crippen LogP contribution >= 0.6 is 11.6 Å². The van der Waals surface area contributed by atoms with E-state index in [1.54, 1.807) is 4.90 Å². The Morgan fingerprint density at radius 3 is 2.50 bits per heavy atom. The Kier molecular flexibility index (Phi) is 6.41. The molecule has 1 rings (SSSR count). The van der Waals surface area contributed by atoms with Crippen molar-refractivity contribution < 1.29 is 15.0 Å². The van der Waals surface area contributed by atoms with Crippen molar-refractivity contribution in [2.24, 2.45) is 0 Å².